The highest BCUT2D eigenvalue weighted by Gasteiger charge is 2.10. The van der Waals surface area contributed by atoms with Gasteiger partial charge >= 0.3 is 0 Å². The molecule has 6 nitrogen and oxygen atoms in total. The van der Waals surface area contributed by atoms with Crippen LogP contribution in [0.15, 0.2) is 10.8 Å². The molecule has 1 aliphatic heterocycles. The van der Waals surface area contributed by atoms with Gasteiger partial charge in [0.25, 0.3) is 0 Å². The third-order valence-corrected chi connectivity index (χ3v) is 3.42. The van der Waals surface area contributed by atoms with E-state index in [1.165, 1.54) is 6.33 Å². The molecular weight excluding hydrogens is 286 g/mol. The van der Waals surface area contributed by atoms with E-state index < -0.39 is 0 Å². The average Bonchev–Trinajstić information content (AvgIpc) is 2.36. The fraction of sp³-hybridized carbons (Fsp3) is 0.600. The van der Waals surface area contributed by atoms with Gasteiger partial charge in [0.05, 0.1) is 13.2 Å². The van der Waals surface area contributed by atoms with Crippen molar-refractivity contribution in [1.29, 1.82) is 0 Å². The van der Waals surface area contributed by atoms with Crippen molar-refractivity contribution in [1.82, 2.24) is 14.9 Å². The molecular formula is C10H16BrN5O. The van der Waals surface area contributed by atoms with Crippen molar-refractivity contribution < 1.29 is 4.74 Å². The zero-order valence-electron chi connectivity index (χ0n) is 9.53. The van der Waals surface area contributed by atoms with Gasteiger partial charge in [0, 0.05) is 26.2 Å². The first-order valence-corrected chi connectivity index (χ1v) is 6.36. The number of ether oxygens (including phenoxy) is 1. The highest BCUT2D eigenvalue weighted by atomic mass is 79.9. The van der Waals surface area contributed by atoms with Gasteiger partial charge in [-0.2, -0.15) is 0 Å². The smallest absolute Gasteiger partial charge is 0.145 e. The standard InChI is InChI=1S/C10H16BrN5O/c11-8-9(12)14-7-15-10(8)13-1-2-16-3-5-17-6-4-16/h7H,1-6H2,(H3,12,13,14,15). The fourth-order valence-electron chi connectivity index (χ4n) is 1.66. The number of nitrogen functional groups attached to an aromatic ring is 1. The first-order valence-electron chi connectivity index (χ1n) is 5.57. The van der Waals surface area contributed by atoms with Gasteiger partial charge in [-0.3, -0.25) is 4.90 Å². The minimum absolute atomic E-state index is 0.453. The normalized spacial score (nSPS) is 17.0. The molecule has 1 saturated heterocycles. The Balaban J connectivity index is 1.79. The topological polar surface area (TPSA) is 76.3 Å². The quantitative estimate of drug-likeness (QED) is 0.846. The number of anilines is 2. The third-order valence-electron chi connectivity index (χ3n) is 2.64. The average molecular weight is 302 g/mol. The zero-order valence-corrected chi connectivity index (χ0v) is 11.1. The van der Waals surface area contributed by atoms with Gasteiger partial charge in [-0.05, 0) is 15.9 Å². The monoisotopic (exact) mass is 301 g/mol. The summed E-state index contributed by atoms with van der Waals surface area (Å²) in [7, 11) is 0. The summed E-state index contributed by atoms with van der Waals surface area (Å²) < 4.78 is 6.02. The molecule has 3 N–H and O–H groups in total. The lowest BCUT2D eigenvalue weighted by Crippen LogP contribution is -2.39. The van der Waals surface area contributed by atoms with Gasteiger partial charge < -0.3 is 15.8 Å². The van der Waals surface area contributed by atoms with Crippen LogP contribution in [0.2, 0.25) is 0 Å². The molecule has 0 aliphatic carbocycles. The molecule has 0 radical (unpaired) electrons. The summed E-state index contributed by atoms with van der Waals surface area (Å²) in [5.74, 6) is 1.19. The minimum Gasteiger partial charge on any atom is -0.383 e. The maximum atomic E-state index is 5.67. The van der Waals surface area contributed by atoms with Crippen molar-refractivity contribution >= 4 is 27.6 Å². The predicted octanol–water partition coefficient (Wildman–Crippen LogP) is 0.565. The van der Waals surface area contributed by atoms with E-state index in [-0.39, 0.29) is 0 Å². The number of nitrogens with two attached hydrogens (primary N) is 1. The van der Waals surface area contributed by atoms with E-state index in [0.29, 0.717) is 5.82 Å². The summed E-state index contributed by atoms with van der Waals surface area (Å²) in [5, 5.41) is 3.24. The Morgan fingerprint density at radius 2 is 2.18 bits per heavy atom. The molecule has 1 aromatic heterocycles. The number of halogens is 1. The minimum atomic E-state index is 0.453. The van der Waals surface area contributed by atoms with Crippen LogP contribution in [0.4, 0.5) is 11.6 Å². The van der Waals surface area contributed by atoms with E-state index in [0.717, 1.165) is 49.7 Å². The van der Waals surface area contributed by atoms with Crippen LogP contribution in [0.3, 0.4) is 0 Å². The Hall–Kier alpha value is -0.920. The summed E-state index contributed by atoms with van der Waals surface area (Å²) in [6.07, 6.45) is 1.46. The molecule has 2 heterocycles. The number of nitrogens with one attached hydrogen (secondary N) is 1. The van der Waals surface area contributed by atoms with Gasteiger partial charge in [-0.1, -0.05) is 0 Å². The number of hydrogen-bond donors (Lipinski definition) is 2. The Labute approximate surface area is 109 Å². The predicted molar refractivity (Wildman–Crippen MR) is 69.9 cm³/mol. The molecule has 0 bridgehead atoms. The Bertz CT molecular complexity index is 370. The van der Waals surface area contributed by atoms with E-state index in [1.54, 1.807) is 0 Å². The van der Waals surface area contributed by atoms with E-state index in [9.17, 15) is 0 Å². The molecule has 0 amide bonds. The van der Waals surface area contributed by atoms with Crippen molar-refractivity contribution in [2.45, 2.75) is 0 Å². The fourth-order valence-corrected chi connectivity index (χ4v) is 2.01. The molecule has 2 rings (SSSR count). The maximum Gasteiger partial charge on any atom is 0.145 e. The lowest BCUT2D eigenvalue weighted by Gasteiger charge is -2.26. The Morgan fingerprint density at radius 3 is 2.94 bits per heavy atom. The first-order chi connectivity index (χ1) is 8.27. The number of morpholine rings is 1. The van der Waals surface area contributed by atoms with Gasteiger partial charge in [-0.25, -0.2) is 9.97 Å². The van der Waals surface area contributed by atoms with Gasteiger partial charge in [0.2, 0.25) is 0 Å². The van der Waals surface area contributed by atoms with Crippen LogP contribution in [0.25, 0.3) is 0 Å². The van der Waals surface area contributed by atoms with Crippen molar-refractivity contribution in [3.8, 4) is 0 Å². The number of aromatic nitrogens is 2. The van der Waals surface area contributed by atoms with Crippen LogP contribution in [-0.2, 0) is 4.74 Å². The lowest BCUT2D eigenvalue weighted by molar-refractivity contribution is 0.0398. The first kappa shape index (κ1) is 12.5. The van der Waals surface area contributed by atoms with Gasteiger partial charge in [0.15, 0.2) is 0 Å². The molecule has 7 heteroatoms. The molecule has 0 saturated carbocycles. The molecule has 17 heavy (non-hydrogen) atoms. The van der Waals surface area contributed by atoms with E-state index >= 15 is 0 Å². The van der Waals surface area contributed by atoms with Crippen molar-refractivity contribution in [3.63, 3.8) is 0 Å². The maximum absolute atomic E-state index is 5.67. The number of rotatable bonds is 4. The second-order valence-corrected chi connectivity index (χ2v) is 4.60. The SMILES string of the molecule is Nc1ncnc(NCCN2CCOCC2)c1Br. The van der Waals surface area contributed by atoms with Crippen molar-refractivity contribution in [2.75, 3.05) is 50.4 Å². The molecule has 1 fully saturated rings. The number of nitrogens with zero attached hydrogens (tertiary/aromatic N) is 3. The van der Waals surface area contributed by atoms with E-state index in [4.69, 9.17) is 10.5 Å². The van der Waals surface area contributed by atoms with Crippen LogP contribution in [0.5, 0.6) is 0 Å². The second kappa shape index (κ2) is 6.13. The van der Waals surface area contributed by atoms with Gasteiger partial charge in [0.1, 0.15) is 22.4 Å². The number of hydrogen-bond acceptors (Lipinski definition) is 6. The zero-order chi connectivity index (χ0) is 12.1. The van der Waals surface area contributed by atoms with Crippen molar-refractivity contribution in [3.05, 3.63) is 10.8 Å². The van der Waals surface area contributed by atoms with Crippen LogP contribution >= 0.6 is 15.9 Å². The Morgan fingerprint density at radius 1 is 1.41 bits per heavy atom. The largest absolute Gasteiger partial charge is 0.383 e. The van der Waals surface area contributed by atoms with E-state index in [1.807, 2.05) is 0 Å². The molecule has 1 aliphatic rings. The highest BCUT2D eigenvalue weighted by molar-refractivity contribution is 9.10. The van der Waals surface area contributed by atoms with Crippen molar-refractivity contribution in [2.24, 2.45) is 0 Å². The molecule has 0 aromatic carbocycles. The molecule has 0 atom stereocenters. The second-order valence-electron chi connectivity index (χ2n) is 3.80. The molecule has 0 unspecified atom stereocenters. The summed E-state index contributed by atoms with van der Waals surface area (Å²) in [6, 6.07) is 0. The lowest BCUT2D eigenvalue weighted by atomic mass is 10.4. The molecule has 0 spiro atoms. The third kappa shape index (κ3) is 3.52. The molecule has 94 valence electrons. The van der Waals surface area contributed by atoms with Crippen LogP contribution < -0.4 is 11.1 Å². The van der Waals surface area contributed by atoms with Gasteiger partial charge in [-0.15, -0.1) is 0 Å². The van der Waals surface area contributed by atoms with Crippen LogP contribution in [-0.4, -0.2) is 54.3 Å². The summed E-state index contributed by atoms with van der Waals surface area (Å²) in [5.41, 5.74) is 5.67. The summed E-state index contributed by atoms with van der Waals surface area (Å²) >= 11 is 3.36. The molecule has 1 aromatic rings. The Kier molecular flexibility index (Phi) is 4.52. The van der Waals surface area contributed by atoms with Crippen LogP contribution in [0, 0.1) is 0 Å². The van der Waals surface area contributed by atoms with E-state index in [2.05, 4.69) is 36.1 Å². The summed E-state index contributed by atoms with van der Waals surface area (Å²) in [4.78, 5) is 10.4. The summed E-state index contributed by atoms with van der Waals surface area (Å²) in [6.45, 7) is 5.44. The van der Waals surface area contributed by atoms with Crippen LogP contribution in [0.1, 0.15) is 0 Å². The highest BCUT2D eigenvalue weighted by Crippen LogP contribution is 2.23.